The van der Waals surface area contributed by atoms with Crippen molar-refractivity contribution >= 4 is 76.3 Å². The van der Waals surface area contributed by atoms with Crippen LogP contribution in [0, 0.1) is 50.2 Å². The van der Waals surface area contributed by atoms with Crippen LogP contribution in [-0.4, -0.2) is 59.7 Å². The predicted octanol–water partition coefficient (Wildman–Crippen LogP) is 13.0. The molecule has 8 atom stereocenters. The number of hydrogen-bond donors (Lipinski definition) is 1. The van der Waals surface area contributed by atoms with Gasteiger partial charge in [0.2, 0.25) is 17.7 Å². The van der Waals surface area contributed by atoms with Gasteiger partial charge < -0.3 is 15.1 Å². The van der Waals surface area contributed by atoms with E-state index in [1.807, 2.05) is 29.2 Å². The molecule has 1 aliphatic heterocycles. The second-order valence-electron chi connectivity index (χ2n) is 21.9. The van der Waals surface area contributed by atoms with E-state index in [1.54, 1.807) is 42.0 Å². The van der Waals surface area contributed by atoms with E-state index >= 15 is 4.79 Å². The van der Waals surface area contributed by atoms with Crippen LogP contribution in [0.2, 0.25) is 20.1 Å². The summed E-state index contributed by atoms with van der Waals surface area (Å²) in [4.78, 5) is 45.8. The fourth-order valence-electron chi connectivity index (χ4n) is 14.3. The lowest BCUT2D eigenvalue weighted by molar-refractivity contribution is -0.190. The standard InChI is InChI=1S/C52H65Cl4N3O3/c1-47(2)24-26-52(46(62)59-30-28-58(29-31-59)43(61)19-15-34-11-9-13-38(54)45(34)56)27-25-50(6)35(36(52)32-47)16-17-40-49(5)22-21-41(48(3,4)39(49)20-23-51(40,50)7)57-42(60)18-14-33-10-8-12-37(53)44(33)55/h8-16,18-19,36,39-41H,17,20-32H2,1-7H3,(H,57,60)/b18-14+,19-15+/t36-,39-,40+,41-,49-,50+,51+,52-/m0/s1. The number of piperazine rings is 1. The van der Waals surface area contributed by atoms with Gasteiger partial charge in [-0.2, -0.15) is 0 Å². The number of benzene rings is 2. The topological polar surface area (TPSA) is 69.7 Å². The van der Waals surface area contributed by atoms with Gasteiger partial charge in [-0.25, -0.2) is 0 Å². The highest BCUT2D eigenvalue weighted by atomic mass is 35.5. The van der Waals surface area contributed by atoms with E-state index in [2.05, 4.69) is 64.8 Å². The molecule has 1 saturated heterocycles. The lowest BCUT2D eigenvalue weighted by Crippen LogP contribution is -2.67. The van der Waals surface area contributed by atoms with E-state index in [0.717, 1.165) is 69.8 Å². The lowest BCUT2D eigenvalue weighted by Gasteiger charge is -2.71. The van der Waals surface area contributed by atoms with Gasteiger partial charge in [-0.05, 0) is 144 Å². The number of allylic oxidation sites excluding steroid dienone is 2. The molecule has 1 heterocycles. The summed E-state index contributed by atoms with van der Waals surface area (Å²) in [5.74, 6) is 1.32. The zero-order valence-corrected chi connectivity index (χ0v) is 40.7. The molecule has 6 nitrogen and oxygen atoms in total. The molecule has 10 heteroatoms. The Kier molecular flexibility index (Phi) is 12.2. The molecule has 8 rings (SSSR count). The summed E-state index contributed by atoms with van der Waals surface area (Å²) in [6.07, 6.45) is 19.6. The Bertz CT molecular complexity index is 2220. The van der Waals surface area contributed by atoms with Gasteiger partial charge in [0, 0.05) is 44.4 Å². The Morgan fingerprint density at radius 1 is 0.694 bits per heavy atom. The highest BCUT2D eigenvalue weighted by molar-refractivity contribution is 6.43. The maximum absolute atomic E-state index is 15.2. The molecule has 5 aliphatic carbocycles. The first kappa shape index (κ1) is 45.8. The second-order valence-corrected chi connectivity index (χ2v) is 23.4. The molecule has 0 aromatic heterocycles. The highest BCUT2D eigenvalue weighted by Crippen LogP contribution is 2.76. The van der Waals surface area contributed by atoms with E-state index in [-0.39, 0.29) is 50.8 Å². The summed E-state index contributed by atoms with van der Waals surface area (Å²) >= 11 is 25.2. The Labute approximate surface area is 390 Å². The Morgan fingerprint density at radius 2 is 1.29 bits per heavy atom. The Hall–Kier alpha value is -2.77. The van der Waals surface area contributed by atoms with Crippen LogP contribution < -0.4 is 5.32 Å². The second kappa shape index (κ2) is 16.6. The molecular formula is C52H65Cl4N3O3. The van der Waals surface area contributed by atoms with Crippen LogP contribution in [0.3, 0.4) is 0 Å². The molecule has 3 amide bonds. The van der Waals surface area contributed by atoms with E-state index in [1.165, 1.54) is 0 Å². The predicted molar refractivity (Wildman–Crippen MR) is 255 cm³/mol. The molecule has 5 fully saturated rings. The number of carbonyl (C=O) groups excluding carboxylic acids is 3. The van der Waals surface area contributed by atoms with E-state index in [4.69, 9.17) is 46.4 Å². The van der Waals surface area contributed by atoms with E-state index in [0.29, 0.717) is 69.6 Å². The fourth-order valence-corrected chi connectivity index (χ4v) is 15.0. The summed E-state index contributed by atoms with van der Waals surface area (Å²) in [5, 5.41) is 5.23. The maximum Gasteiger partial charge on any atom is 0.246 e. The summed E-state index contributed by atoms with van der Waals surface area (Å²) in [6.45, 7) is 19.5. The number of nitrogens with one attached hydrogen (secondary N) is 1. The normalized spacial score (nSPS) is 35.0. The van der Waals surface area contributed by atoms with Crippen molar-refractivity contribution in [2.45, 2.75) is 119 Å². The average Bonchev–Trinajstić information content (AvgIpc) is 3.22. The van der Waals surface area contributed by atoms with Gasteiger partial charge in [0.15, 0.2) is 0 Å². The fraction of sp³-hybridized carbons (Fsp3) is 0.596. The highest BCUT2D eigenvalue weighted by Gasteiger charge is 2.69. The van der Waals surface area contributed by atoms with Gasteiger partial charge in [0.05, 0.1) is 25.5 Å². The van der Waals surface area contributed by atoms with Crippen LogP contribution in [0.4, 0.5) is 0 Å². The summed E-state index contributed by atoms with van der Waals surface area (Å²) in [6, 6.07) is 10.9. The van der Waals surface area contributed by atoms with Gasteiger partial charge in [-0.1, -0.05) is 131 Å². The van der Waals surface area contributed by atoms with Gasteiger partial charge in [0.25, 0.3) is 0 Å². The van der Waals surface area contributed by atoms with Crippen molar-refractivity contribution in [3.63, 3.8) is 0 Å². The number of amides is 3. The number of carbonyl (C=O) groups is 3. The molecule has 2 aromatic carbocycles. The first-order chi connectivity index (χ1) is 29.2. The van der Waals surface area contributed by atoms with Crippen LogP contribution in [0.1, 0.15) is 124 Å². The minimum atomic E-state index is -0.411. The number of fused-ring (bicyclic) bond motifs is 7. The molecule has 2 aromatic rings. The van der Waals surface area contributed by atoms with Crippen LogP contribution >= 0.6 is 46.4 Å². The molecule has 4 saturated carbocycles. The van der Waals surface area contributed by atoms with Gasteiger partial charge in [0.1, 0.15) is 0 Å². The quantitative estimate of drug-likeness (QED) is 0.232. The third kappa shape index (κ3) is 7.61. The summed E-state index contributed by atoms with van der Waals surface area (Å²) in [7, 11) is 0. The number of nitrogens with zero attached hydrogens (tertiary/aromatic N) is 2. The summed E-state index contributed by atoms with van der Waals surface area (Å²) in [5.41, 5.74) is 2.87. The molecule has 0 radical (unpaired) electrons. The van der Waals surface area contributed by atoms with Crippen molar-refractivity contribution in [1.82, 2.24) is 15.1 Å². The first-order valence-corrected chi connectivity index (χ1v) is 24.5. The number of halogens is 4. The Morgan fingerprint density at radius 3 is 1.94 bits per heavy atom. The minimum Gasteiger partial charge on any atom is -0.349 e. The third-order valence-corrected chi connectivity index (χ3v) is 19.7. The molecule has 6 aliphatic rings. The van der Waals surface area contributed by atoms with Crippen molar-refractivity contribution in [3.8, 4) is 0 Å². The zero-order valence-electron chi connectivity index (χ0n) is 37.7. The van der Waals surface area contributed by atoms with E-state index < -0.39 is 5.41 Å². The first-order valence-electron chi connectivity index (χ1n) is 23.0. The Balaban J connectivity index is 0.993. The molecule has 334 valence electrons. The minimum absolute atomic E-state index is 0.00327. The maximum atomic E-state index is 15.2. The van der Waals surface area contributed by atoms with Gasteiger partial charge >= 0.3 is 0 Å². The van der Waals surface area contributed by atoms with Crippen molar-refractivity contribution in [1.29, 1.82) is 0 Å². The van der Waals surface area contributed by atoms with Crippen molar-refractivity contribution in [2.75, 3.05) is 26.2 Å². The zero-order chi connectivity index (χ0) is 44.6. The van der Waals surface area contributed by atoms with Crippen molar-refractivity contribution in [3.05, 3.63) is 91.4 Å². The van der Waals surface area contributed by atoms with Crippen LogP contribution in [0.15, 0.2) is 60.2 Å². The molecule has 62 heavy (non-hydrogen) atoms. The SMILES string of the molecule is CC1(C)CC[C@]2(C(=O)N3CCN(C(=O)/C=C/c4cccc(Cl)c4Cl)CC3)CC[C@]3(C)C(=CC[C@@H]4[C@@]5(C)CC[C@H](NC(=O)/C=C/c6cccc(Cl)c6Cl)C(C)(C)[C@@H]5CC[C@]43C)[C@@H]2C1. The monoisotopic (exact) mass is 919 g/mol. The average molecular weight is 922 g/mol. The van der Waals surface area contributed by atoms with Crippen molar-refractivity contribution < 1.29 is 14.4 Å². The third-order valence-electron chi connectivity index (χ3n) is 18.1. The summed E-state index contributed by atoms with van der Waals surface area (Å²) < 4.78 is 0. The lowest BCUT2D eigenvalue weighted by atomic mass is 9.33. The number of hydrogen-bond acceptors (Lipinski definition) is 3. The smallest absolute Gasteiger partial charge is 0.246 e. The van der Waals surface area contributed by atoms with Gasteiger partial charge in [-0.15, -0.1) is 0 Å². The molecular weight excluding hydrogens is 856 g/mol. The van der Waals surface area contributed by atoms with Gasteiger partial charge in [-0.3, -0.25) is 14.4 Å². The molecule has 1 N–H and O–H groups in total. The largest absolute Gasteiger partial charge is 0.349 e. The van der Waals surface area contributed by atoms with Crippen LogP contribution in [0.25, 0.3) is 12.2 Å². The van der Waals surface area contributed by atoms with E-state index in [9.17, 15) is 9.59 Å². The van der Waals surface area contributed by atoms with Crippen LogP contribution in [0.5, 0.6) is 0 Å². The molecule has 0 spiro atoms. The van der Waals surface area contributed by atoms with Crippen molar-refractivity contribution in [2.24, 2.45) is 50.2 Å². The molecule has 0 unspecified atom stereocenters. The van der Waals surface area contributed by atoms with Crippen LogP contribution in [-0.2, 0) is 14.4 Å². The number of rotatable bonds is 6. The molecule has 0 bridgehead atoms.